The molecule has 0 saturated heterocycles. The van der Waals surface area contributed by atoms with Gasteiger partial charge < -0.3 is 9.80 Å². The number of fused-ring (bicyclic) bond motifs is 2. The zero-order valence-corrected chi connectivity index (χ0v) is 14.0. The number of anilines is 1. The van der Waals surface area contributed by atoms with E-state index in [1.807, 2.05) is 36.1 Å². The number of amidine groups is 1. The molecule has 3 heterocycles. The van der Waals surface area contributed by atoms with Gasteiger partial charge in [0.05, 0.1) is 11.3 Å². The summed E-state index contributed by atoms with van der Waals surface area (Å²) in [5, 5.41) is 0. The molecule has 0 N–H and O–H groups in total. The number of rotatable bonds is 1. The molecule has 1 aromatic rings. The molecule has 0 saturated carbocycles. The predicted octanol–water partition coefficient (Wildman–Crippen LogP) is 1.46. The van der Waals surface area contributed by atoms with E-state index in [2.05, 4.69) is 4.40 Å². The lowest BCUT2D eigenvalue weighted by atomic mass is 10.1. The molecule has 0 bridgehead atoms. The van der Waals surface area contributed by atoms with Crippen molar-refractivity contribution in [1.29, 1.82) is 0 Å². The summed E-state index contributed by atoms with van der Waals surface area (Å²) in [7, 11) is -3.38. The number of amides is 1. The van der Waals surface area contributed by atoms with Crippen molar-refractivity contribution >= 4 is 27.5 Å². The molecular weight excluding hydrogens is 326 g/mol. The monoisotopic (exact) mass is 343 g/mol. The molecule has 0 aromatic heterocycles. The Morgan fingerprint density at radius 3 is 2.88 bits per heavy atom. The summed E-state index contributed by atoms with van der Waals surface area (Å²) in [5.41, 5.74) is 2.66. The van der Waals surface area contributed by atoms with E-state index < -0.39 is 10.0 Å². The van der Waals surface area contributed by atoms with Crippen LogP contribution in [-0.4, -0.2) is 43.4 Å². The lowest BCUT2D eigenvalue weighted by molar-refractivity contribution is -0.115. The minimum Gasteiger partial charge on any atom is -0.330 e. The molecule has 7 heteroatoms. The van der Waals surface area contributed by atoms with E-state index in [9.17, 15) is 13.2 Å². The number of carbonyl (C=O) groups excluding carboxylic acids is 1. The molecule has 4 rings (SSSR count). The molecule has 1 amide bonds. The maximum Gasteiger partial charge on any atom is 0.260 e. The number of nitrogens with zero attached hydrogens (tertiary/aromatic N) is 3. The maximum atomic E-state index is 13.0. The van der Waals surface area contributed by atoms with Crippen molar-refractivity contribution in [2.45, 2.75) is 19.4 Å². The molecule has 124 valence electrons. The molecule has 0 radical (unpaired) electrons. The van der Waals surface area contributed by atoms with E-state index in [4.69, 9.17) is 0 Å². The highest BCUT2D eigenvalue weighted by molar-refractivity contribution is 7.90. The molecule has 0 aliphatic carbocycles. The van der Waals surface area contributed by atoms with Gasteiger partial charge in [0.25, 0.3) is 15.9 Å². The van der Waals surface area contributed by atoms with E-state index in [1.165, 1.54) is 5.56 Å². The Hall–Kier alpha value is -2.41. The van der Waals surface area contributed by atoms with E-state index in [0.29, 0.717) is 18.0 Å². The summed E-state index contributed by atoms with van der Waals surface area (Å²) in [4.78, 5) is 16.5. The number of hydrogen-bond acceptors (Lipinski definition) is 4. The summed E-state index contributed by atoms with van der Waals surface area (Å²) < 4.78 is 26.9. The predicted molar refractivity (Wildman–Crippen MR) is 92.2 cm³/mol. The normalized spacial score (nSPS) is 24.1. The van der Waals surface area contributed by atoms with Crippen LogP contribution in [0.1, 0.15) is 12.5 Å². The Balaban J connectivity index is 1.65. The minimum absolute atomic E-state index is 0.0364. The second kappa shape index (κ2) is 5.31. The van der Waals surface area contributed by atoms with Gasteiger partial charge in [0.1, 0.15) is 5.84 Å². The van der Waals surface area contributed by atoms with Crippen molar-refractivity contribution in [3.63, 3.8) is 0 Å². The van der Waals surface area contributed by atoms with E-state index in [0.717, 1.165) is 12.1 Å². The quantitative estimate of drug-likeness (QED) is 0.774. The minimum atomic E-state index is -3.38. The maximum absolute atomic E-state index is 13.0. The summed E-state index contributed by atoms with van der Waals surface area (Å²) in [6.45, 7) is 2.35. The van der Waals surface area contributed by atoms with Crippen molar-refractivity contribution in [3.05, 3.63) is 53.8 Å². The molecule has 0 fully saturated rings. The number of para-hydroxylation sites is 1. The number of hydrogen-bond donors (Lipinski definition) is 0. The molecule has 1 aromatic carbocycles. The van der Waals surface area contributed by atoms with Crippen LogP contribution in [0.3, 0.4) is 0 Å². The third-order valence-corrected chi connectivity index (χ3v) is 5.66. The van der Waals surface area contributed by atoms with Crippen LogP contribution >= 0.6 is 0 Å². The fourth-order valence-electron chi connectivity index (χ4n) is 3.34. The van der Waals surface area contributed by atoms with Crippen LogP contribution in [0.2, 0.25) is 0 Å². The molecular formula is C17H17N3O3S. The number of benzene rings is 1. The summed E-state index contributed by atoms with van der Waals surface area (Å²) in [6.07, 6.45) is 5.78. The largest absolute Gasteiger partial charge is 0.330 e. The van der Waals surface area contributed by atoms with E-state index in [-0.39, 0.29) is 17.7 Å². The van der Waals surface area contributed by atoms with Gasteiger partial charge in [-0.05, 0) is 37.1 Å². The first kappa shape index (κ1) is 15.1. The molecule has 3 aliphatic rings. The molecule has 1 atom stereocenters. The standard InChI is InChI=1S/C17H17N3O3S/c1-12-10-13-4-2-3-5-15(13)20(12)17(21)14-6-7-16-18-24(22,23)9-8-19(16)11-14/h2-7,11-12H,8-10H2,1H3/t12-/m0/s1. The van der Waals surface area contributed by atoms with Gasteiger partial charge in [-0.25, -0.2) is 8.42 Å². The highest BCUT2D eigenvalue weighted by atomic mass is 32.2. The number of carbonyl (C=O) groups is 1. The zero-order valence-electron chi connectivity index (χ0n) is 13.2. The molecule has 3 aliphatic heterocycles. The van der Waals surface area contributed by atoms with Gasteiger partial charge in [0, 0.05) is 24.5 Å². The Kier molecular flexibility index (Phi) is 3.35. The molecule has 0 unspecified atom stereocenters. The van der Waals surface area contributed by atoms with Crippen LogP contribution in [0.25, 0.3) is 0 Å². The molecule has 6 nitrogen and oxygen atoms in total. The second-order valence-electron chi connectivity index (χ2n) is 6.20. The van der Waals surface area contributed by atoms with Gasteiger partial charge in [0.2, 0.25) is 0 Å². The van der Waals surface area contributed by atoms with Crippen LogP contribution in [0.5, 0.6) is 0 Å². The van der Waals surface area contributed by atoms with Gasteiger partial charge >= 0.3 is 0 Å². The van der Waals surface area contributed by atoms with Crippen molar-refractivity contribution in [3.8, 4) is 0 Å². The molecule has 24 heavy (non-hydrogen) atoms. The first-order valence-electron chi connectivity index (χ1n) is 7.85. The lowest BCUT2D eigenvalue weighted by Crippen LogP contribution is -2.40. The van der Waals surface area contributed by atoms with Crippen molar-refractivity contribution in [2.24, 2.45) is 4.40 Å². The SMILES string of the molecule is C[C@H]1Cc2ccccc2N1C(=O)C1=CN2CCS(=O)(=O)N=C2C=C1. The average molecular weight is 343 g/mol. The van der Waals surface area contributed by atoms with Crippen LogP contribution < -0.4 is 4.90 Å². The second-order valence-corrected chi connectivity index (χ2v) is 7.96. The fourth-order valence-corrected chi connectivity index (χ4v) is 4.31. The van der Waals surface area contributed by atoms with Crippen molar-refractivity contribution < 1.29 is 13.2 Å². The Bertz CT molecular complexity index is 915. The third kappa shape index (κ3) is 2.45. The van der Waals surface area contributed by atoms with Crippen molar-refractivity contribution in [1.82, 2.24) is 4.90 Å². The highest BCUT2D eigenvalue weighted by Crippen LogP contribution is 2.33. The molecule has 0 spiro atoms. The van der Waals surface area contributed by atoms with Crippen LogP contribution in [0.15, 0.2) is 52.6 Å². The summed E-state index contributed by atoms with van der Waals surface area (Å²) in [6, 6.07) is 8.02. The van der Waals surface area contributed by atoms with E-state index in [1.54, 1.807) is 23.3 Å². The van der Waals surface area contributed by atoms with Gasteiger partial charge in [-0.2, -0.15) is 0 Å². The first-order valence-corrected chi connectivity index (χ1v) is 9.46. The van der Waals surface area contributed by atoms with Gasteiger partial charge in [-0.3, -0.25) is 4.79 Å². The smallest absolute Gasteiger partial charge is 0.260 e. The van der Waals surface area contributed by atoms with Crippen molar-refractivity contribution in [2.75, 3.05) is 17.2 Å². The highest BCUT2D eigenvalue weighted by Gasteiger charge is 2.33. The first-order chi connectivity index (χ1) is 11.4. The van der Waals surface area contributed by atoms with Gasteiger partial charge in [-0.1, -0.05) is 18.2 Å². The fraction of sp³-hybridized carbons (Fsp3) is 0.294. The lowest BCUT2D eigenvalue weighted by Gasteiger charge is -2.29. The zero-order chi connectivity index (χ0) is 16.9. The Morgan fingerprint density at radius 2 is 2.04 bits per heavy atom. The number of sulfonamides is 1. The van der Waals surface area contributed by atoms with Crippen LogP contribution in [0, 0.1) is 0 Å². The summed E-state index contributed by atoms with van der Waals surface area (Å²) >= 11 is 0. The van der Waals surface area contributed by atoms with Crippen LogP contribution in [-0.2, 0) is 21.2 Å². The van der Waals surface area contributed by atoms with E-state index >= 15 is 0 Å². The average Bonchev–Trinajstić information content (AvgIpc) is 2.88. The Morgan fingerprint density at radius 1 is 1.25 bits per heavy atom. The van der Waals surface area contributed by atoms with Gasteiger partial charge in [-0.15, -0.1) is 4.40 Å². The van der Waals surface area contributed by atoms with Crippen LogP contribution in [0.4, 0.5) is 5.69 Å². The summed E-state index contributed by atoms with van der Waals surface area (Å²) in [5.74, 6) is 0.259. The topological polar surface area (TPSA) is 70.1 Å². The Labute approximate surface area is 140 Å². The van der Waals surface area contributed by atoms with Gasteiger partial charge in [0.15, 0.2) is 0 Å². The third-order valence-electron chi connectivity index (χ3n) is 4.50.